The van der Waals surface area contributed by atoms with Crippen LogP contribution in [0.5, 0.6) is 11.6 Å². The number of aldehydes is 1. The van der Waals surface area contributed by atoms with Crippen LogP contribution >= 0.6 is 0 Å². The second-order valence-electron chi connectivity index (χ2n) is 8.60. The van der Waals surface area contributed by atoms with Crippen LogP contribution in [0.4, 0.5) is 0 Å². The number of benzene rings is 1. The quantitative estimate of drug-likeness (QED) is 0.398. The van der Waals surface area contributed by atoms with Gasteiger partial charge in [0.15, 0.2) is 0 Å². The van der Waals surface area contributed by atoms with Gasteiger partial charge in [0.05, 0.1) is 17.8 Å². The number of aromatic nitrogens is 4. The zero-order valence-electron chi connectivity index (χ0n) is 18.5. The maximum absolute atomic E-state index is 10.6. The normalized spacial score (nSPS) is 14.5. The zero-order valence-corrected chi connectivity index (χ0v) is 18.5. The van der Waals surface area contributed by atoms with Crippen molar-refractivity contribution in [1.82, 2.24) is 30.0 Å². The number of carbonyl (C=O) groups excluding carboxylic acids is 1. The summed E-state index contributed by atoms with van der Waals surface area (Å²) in [6.07, 6.45) is 6.38. The van der Waals surface area contributed by atoms with E-state index in [1.54, 1.807) is 12.4 Å². The molecular weight excluding hydrogens is 416 g/mol. The molecule has 0 bridgehead atoms. The second kappa shape index (κ2) is 9.48. The first-order valence-corrected chi connectivity index (χ1v) is 11.0. The van der Waals surface area contributed by atoms with Crippen LogP contribution in [0.3, 0.4) is 0 Å². The third kappa shape index (κ3) is 5.08. The Morgan fingerprint density at radius 2 is 2.06 bits per heavy atom. The Morgan fingerprint density at radius 1 is 1.15 bits per heavy atom. The number of H-pyrrole nitrogens is 1. The third-order valence-corrected chi connectivity index (χ3v) is 5.87. The van der Waals surface area contributed by atoms with Crippen molar-refractivity contribution < 1.29 is 9.53 Å². The maximum Gasteiger partial charge on any atom is 0.219 e. The van der Waals surface area contributed by atoms with Gasteiger partial charge < -0.3 is 14.4 Å². The van der Waals surface area contributed by atoms with E-state index in [4.69, 9.17) is 4.74 Å². The smallest absolute Gasteiger partial charge is 0.219 e. The van der Waals surface area contributed by atoms with Gasteiger partial charge in [-0.1, -0.05) is 0 Å². The third-order valence-electron chi connectivity index (χ3n) is 5.87. The largest absolute Gasteiger partial charge is 0.439 e. The van der Waals surface area contributed by atoms with Crippen molar-refractivity contribution in [3.05, 3.63) is 66.6 Å². The van der Waals surface area contributed by atoms with E-state index in [9.17, 15) is 4.79 Å². The molecule has 33 heavy (non-hydrogen) atoms. The fraction of sp³-hybridized carbons (Fsp3) is 0.280. The molecule has 0 radical (unpaired) electrons. The molecule has 1 aromatic carbocycles. The minimum Gasteiger partial charge on any atom is -0.439 e. The van der Waals surface area contributed by atoms with Gasteiger partial charge >= 0.3 is 0 Å². The van der Waals surface area contributed by atoms with Crippen molar-refractivity contribution in [2.24, 2.45) is 5.92 Å². The zero-order chi connectivity index (χ0) is 22.6. The minimum atomic E-state index is 0.526. The molecule has 1 aliphatic rings. The predicted molar refractivity (Wildman–Crippen MR) is 126 cm³/mol. The number of hydrogen-bond acceptors (Lipinski definition) is 7. The van der Waals surface area contributed by atoms with Crippen LogP contribution in [-0.4, -0.2) is 69.5 Å². The van der Waals surface area contributed by atoms with E-state index >= 15 is 0 Å². The van der Waals surface area contributed by atoms with Gasteiger partial charge in [-0.05, 0) is 48.9 Å². The fourth-order valence-corrected chi connectivity index (χ4v) is 4.30. The number of fused-ring (bicyclic) bond motifs is 1. The van der Waals surface area contributed by atoms with Gasteiger partial charge in [-0.15, -0.1) is 0 Å². The number of aromatic amines is 1. The number of ether oxygens (including phenoxy) is 1. The Morgan fingerprint density at radius 3 is 2.82 bits per heavy atom. The molecule has 0 saturated carbocycles. The van der Waals surface area contributed by atoms with Gasteiger partial charge in [0.1, 0.15) is 12.0 Å². The molecule has 0 unspecified atom stereocenters. The SMILES string of the molecule is CN(Cc1cnc2cc(Oc3ccc(-c4ccn[nH]4)cn3)ccc2c1)CC1CN(CC=O)C1. The Balaban J connectivity index is 1.19. The molecule has 4 aromatic rings. The first kappa shape index (κ1) is 21.2. The van der Waals surface area contributed by atoms with E-state index < -0.39 is 0 Å². The topological polar surface area (TPSA) is 87.2 Å². The summed E-state index contributed by atoms with van der Waals surface area (Å²) in [5, 5.41) is 7.97. The molecule has 3 aromatic heterocycles. The summed E-state index contributed by atoms with van der Waals surface area (Å²) in [6, 6.07) is 13.8. The summed E-state index contributed by atoms with van der Waals surface area (Å²) in [5.41, 5.74) is 3.93. The average molecular weight is 443 g/mol. The van der Waals surface area contributed by atoms with Gasteiger partial charge in [-0.25, -0.2) is 4.98 Å². The van der Waals surface area contributed by atoms with Gasteiger partial charge in [-0.2, -0.15) is 5.10 Å². The predicted octanol–water partition coefficient (Wildman–Crippen LogP) is 3.37. The molecule has 0 atom stereocenters. The molecule has 5 rings (SSSR count). The van der Waals surface area contributed by atoms with E-state index in [1.807, 2.05) is 42.6 Å². The standard InChI is InChI=1S/C25H26N6O2/c1-30(15-19-16-31(17-19)8-9-32)14-18-10-20-2-4-22(11-24(20)26-12-18)33-25-5-3-21(13-27-25)23-6-7-28-29-23/h2-7,9-13,19H,8,14-17H2,1H3,(H,28,29). The van der Waals surface area contributed by atoms with Gasteiger partial charge in [-0.3, -0.25) is 15.0 Å². The lowest BCUT2D eigenvalue weighted by atomic mass is 9.99. The summed E-state index contributed by atoms with van der Waals surface area (Å²) in [4.78, 5) is 24.1. The highest BCUT2D eigenvalue weighted by molar-refractivity contribution is 5.80. The van der Waals surface area contributed by atoms with Crippen molar-refractivity contribution in [3.63, 3.8) is 0 Å². The summed E-state index contributed by atoms with van der Waals surface area (Å²) in [7, 11) is 2.13. The molecule has 8 heteroatoms. The number of pyridine rings is 2. The lowest BCUT2D eigenvalue weighted by Gasteiger charge is -2.40. The number of nitrogens with one attached hydrogen (secondary N) is 1. The molecule has 0 spiro atoms. The number of hydrogen-bond donors (Lipinski definition) is 1. The average Bonchev–Trinajstić information content (AvgIpc) is 3.33. The minimum absolute atomic E-state index is 0.526. The number of likely N-dealkylation sites (tertiary alicyclic amines) is 1. The summed E-state index contributed by atoms with van der Waals surface area (Å²) >= 11 is 0. The van der Waals surface area contributed by atoms with Gasteiger partial charge in [0.25, 0.3) is 0 Å². The Kier molecular flexibility index (Phi) is 6.10. The first-order valence-electron chi connectivity index (χ1n) is 11.0. The Bertz CT molecular complexity index is 1220. The fourth-order valence-electron chi connectivity index (χ4n) is 4.30. The lowest BCUT2D eigenvalue weighted by molar-refractivity contribution is -0.110. The van der Waals surface area contributed by atoms with Crippen molar-refractivity contribution in [2.45, 2.75) is 6.54 Å². The number of nitrogens with zero attached hydrogens (tertiary/aromatic N) is 5. The molecule has 0 amide bonds. The van der Waals surface area contributed by atoms with Crippen LogP contribution in [0.25, 0.3) is 22.2 Å². The molecule has 1 fully saturated rings. The van der Waals surface area contributed by atoms with Crippen LogP contribution in [0, 0.1) is 5.92 Å². The Hall–Kier alpha value is -3.62. The molecule has 1 saturated heterocycles. The molecule has 8 nitrogen and oxygen atoms in total. The first-order chi connectivity index (χ1) is 16.2. The summed E-state index contributed by atoms with van der Waals surface area (Å²) < 4.78 is 5.93. The molecule has 168 valence electrons. The van der Waals surface area contributed by atoms with Crippen LogP contribution in [0.1, 0.15) is 5.56 Å². The number of rotatable bonds is 9. The van der Waals surface area contributed by atoms with Gasteiger partial charge in [0, 0.05) is 67.9 Å². The molecule has 0 aliphatic carbocycles. The van der Waals surface area contributed by atoms with E-state index in [2.05, 4.69) is 43.1 Å². The van der Waals surface area contributed by atoms with E-state index in [0.717, 1.165) is 54.6 Å². The lowest BCUT2D eigenvalue weighted by Crippen LogP contribution is -2.51. The van der Waals surface area contributed by atoms with E-state index in [0.29, 0.717) is 24.1 Å². The van der Waals surface area contributed by atoms with Crippen molar-refractivity contribution in [3.8, 4) is 22.9 Å². The second-order valence-corrected chi connectivity index (χ2v) is 8.60. The van der Waals surface area contributed by atoms with E-state index in [-0.39, 0.29) is 0 Å². The molecular formula is C25H26N6O2. The van der Waals surface area contributed by atoms with Crippen molar-refractivity contribution in [2.75, 3.05) is 33.2 Å². The summed E-state index contributed by atoms with van der Waals surface area (Å²) in [5.74, 6) is 1.86. The monoisotopic (exact) mass is 442 g/mol. The van der Waals surface area contributed by atoms with Crippen LogP contribution in [0.15, 0.2) is 61.1 Å². The van der Waals surface area contributed by atoms with Crippen molar-refractivity contribution in [1.29, 1.82) is 0 Å². The van der Waals surface area contributed by atoms with Crippen LogP contribution in [0.2, 0.25) is 0 Å². The maximum atomic E-state index is 10.6. The van der Waals surface area contributed by atoms with Crippen LogP contribution < -0.4 is 4.74 Å². The van der Waals surface area contributed by atoms with E-state index in [1.165, 1.54) is 5.56 Å². The molecule has 1 aliphatic heterocycles. The molecule has 1 N–H and O–H groups in total. The Labute approximate surface area is 192 Å². The van der Waals surface area contributed by atoms with Gasteiger partial charge in [0.2, 0.25) is 5.88 Å². The highest BCUT2D eigenvalue weighted by atomic mass is 16.5. The summed E-state index contributed by atoms with van der Waals surface area (Å²) in [6.45, 7) is 4.42. The highest BCUT2D eigenvalue weighted by Gasteiger charge is 2.26. The van der Waals surface area contributed by atoms with Crippen LogP contribution in [-0.2, 0) is 11.3 Å². The number of carbonyl (C=O) groups is 1. The van der Waals surface area contributed by atoms with Crippen molar-refractivity contribution >= 4 is 17.2 Å². The highest BCUT2D eigenvalue weighted by Crippen LogP contribution is 2.26. The molecule has 4 heterocycles.